The highest BCUT2D eigenvalue weighted by atomic mass is 16.6. The Bertz CT molecular complexity index is 1140. The molecule has 2 aromatic carbocycles. The van der Waals surface area contributed by atoms with Crippen LogP contribution in [0.15, 0.2) is 47.3 Å². The lowest BCUT2D eigenvalue weighted by molar-refractivity contribution is -0.385. The lowest BCUT2D eigenvalue weighted by atomic mass is 10.0. The monoisotopic (exact) mass is 393 g/mol. The fourth-order valence-corrected chi connectivity index (χ4v) is 3.47. The van der Waals surface area contributed by atoms with Crippen molar-refractivity contribution in [3.05, 3.63) is 79.8 Å². The third-order valence-corrected chi connectivity index (χ3v) is 4.97. The lowest BCUT2D eigenvalue weighted by Gasteiger charge is -2.27. The molecule has 0 saturated heterocycles. The number of fused-ring (bicyclic) bond motifs is 1. The number of nitrogens with zero attached hydrogens (tertiary/aromatic N) is 3. The van der Waals surface area contributed by atoms with Crippen LogP contribution in [0.3, 0.4) is 0 Å². The molecule has 3 aromatic rings. The van der Waals surface area contributed by atoms with Crippen molar-refractivity contribution in [3.8, 4) is 17.1 Å². The molecule has 0 aliphatic carbocycles. The molecule has 1 aromatic heterocycles. The summed E-state index contributed by atoms with van der Waals surface area (Å²) in [5, 5.41) is 20.6. The van der Waals surface area contributed by atoms with E-state index in [0.29, 0.717) is 48.7 Å². The van der Waals surface area contributed by atoms with Gasteiger partial charge in [-0.25, -0.2) is 4.98 Å². The van der Waals surface area contributed by atoms with Gasteiger partial charge in [-0.15, -0.1) is 0 Å². The summed E-state index contributed by atoms with van der Waals surface area (Å²) in [5.41, 5.74) is 8.67. The Morgan fingerprint density at radius 2 is 2.00 bits per heavy atom. The van der Waals surface area contributed by atoms with Gasteiger partial charge in [0.05, 0.1) is 16.2 Å². The van der Waals surface area contributed by atoms with Crippen LogP contribution in [0.4, 0.5) is 11.4 Å². The average Bonchev–Trinajstić information content (AvgIpc) is 2.70. The Labute approximate surface area is 165 Å². The largest absolute Gasteiger partial charge is 0.502 e. The molecule has 4 N–H and O–H groups in total. The second-order valence-electron chi connectivity index (χ2n) is 7.00. The van der Waals surface area contributed by atoms with Crippen LogP contribution in [0, 0.1) is 10.1 Å². The van der Waals surface area contributed by atoms with Gasteiger partial charge in [0.15, 0.2) is 5.75 Å². The highest BCUT2D eigenvalue weighted by Crippen LogP contribution is 2.27. The molecular weight excluding hydrogens is 374 g/mol. The summed E-state index contributed by atoms with van der Waals surface area (Å²) in [6, 6.07) is 11.5. The Hall–Kier alpha value is -3.72. The molecule has 148 valence electrons. The second kappa shape index (κ2) is 7.36. The number of hydrogen-bond acceptors (Lipinski definition) is 7. The zero-order valence-corrected chi connectivity index (χ0v) is 15.5. The van der Waals surface area contributed by atoms with Crippen molar-refractivity contribution in [1.29, 1.82) is 0 Å². The predicted molar refractivity (Wildman–Crippen MR) is 107 cm³/mol. The molecule has 1 aliphatic heterocycles. The van der Waals surface area contributed by atoms with Gasteiger partial charge in [-0.05, 0) is 35.9 Å². The first kappa shape index (κ1) is 18.6. The predicted octanol–water partition coefficient (Wildman–Crippen LogP) is 2.19. The zero-order valence-electron chi connectivity index (χ0n) is 15.5. The number of rotatable bonds is 4. The van der Waals surface area contributed by atoms with Gasteiger partial charge in [0.2, 0.25) is 0 Å². The molecular formula is C20H19N5O4. The molecule has 0 saturated carbocycles. The average molecular weight is 393 g/mol. The quantitative estimate of drug-likeness (QED) is 0.351. The van der Waals surface area contributed by atoms with Crippen LogP contribution in [0.2, 0.25) is 0 Å². The van der Waals surface area contributed by atoms with Gasteiger partial charge in [0.1, 0.15) is 5.82 Å². The molecule has 0 spiro atoms. The van der Waals surface area contributed by atoms with E-state index in [1.165, 1.54) is 12.1 Å². The maximum absolute atomic E-state index is 12.6. The van der Waals surface area contributed by atoms with Crippen molar-refractivity contribution in [1.82, 2.24) is 14.9 Å². The van der Waals surface area contributed by atoms with E-state index in [1.54, 1.807) is 18.2 Å². The topological polar surface area (TPSA) is 138 Å². The van der Waals surface area contributed by atoms with E-state index in [4.69, 9.17) is 5.73 Å². The van der Waals surface area contributed by atoms with E-state index in [9.17, 15) is 20.0 Å². The molecule has 0 atom stereocenters. The van der Waals surface area contributed by atoms with Crippen molar-refractivity contribution in [3.63, 3.8) is 0 Å². The number of benzene rings is 2. The second-order valence-corrected chi connectivity index (χ2v) is 7.00. The van der Waals surface area contributed by atoms with Crippen LogP contribution in [-0.2, 0) is 19.5 Å². The number of nitro groups is 1. The first-order chi connectivity index (χ1) is 13.9. The van der Waals surface area contributed by atoms with Crippen LogP contribution in [0.25, 0.3) is 11.4 Å². The van der Waals surface area contributed by atoms with Gasteiger partial charge in [0.25, 0.3) is 5.56 Å². The number of nitrogen functional groups attached to an aromatic ring is 1. The zero-order chi connectivity index (χ0) is 20.5. The number of nitro benzene ring substituents is 1. The molecule has 0 amide bonds. The van der Waals surface area contributed by atoms with E-state index in [2.05, 4.69) is 9.97 Å². The number of H-pyrrole nitrogens is 1. The summed E-state index contributed by atoms with van der Waals surface area (Å²) in [6.07, 6.45) is 0.599. The summed E-state index contributed by atoms with van der Waals surface area (Å²) >= 11 is 0. The third-order valence-electron chi connectivity index (χ3n) is 4.97. The van der Waals surface area contributed by atoms with Crippen LogP contribution in [0.5, 0.6) is 5.75 Å². The SMILES string of the molecule is Nc1ccc(-c2nc3c(c(=O)[nH]2)CN(Cc2ccc(O)c([N+](=O)[O-])c2)CC3)cc1. The van der Waals surface area contributed by atoms with E-state index < -0.39 is 4.92 Å². The fourth-order valence-electron chi connectivity index (χ4n) is 3.47. The van der Waals surface area contributed by atoms with E-state index in [1.807, 2.05) is 17.0 Å². The highest BCUT2D eigenvalue weighted by molar-refractivity contribution is 5.58. The minimum Gasteiger partial charge on any atom is -0.502 e. The number of nitrogens with two attached hydrogens (primary N) is 1. The fraction of sp³-hybridized carbons (Fsp3) is 0.200. The molecule has 0 radical (unpaired) electrons. The first-order valence-electron chi connectivity index (χ1n) is 9.07. The number of aromatic nitrogens is 2. The molecule has 0 bridgehead atoms. The summed E-state index contributed by atoms with van der Waals surface area (Å²) in [7, 11) is 0. The summed E-state index contributed by atoms with van der Waals surface area (Å²) in [4.78, 5) is 32.5. The minimum atomic E-state index is -0.613. The van der Waals surface area contributed by atoms with E-state index in [0.717, 1.165) is 11.3 Å². The summed E-state index contributed by atoms with van der Waals surface area (Å²) < 4.78 is 0. The normalized spacial score (nSPS) is 13.8. The number of aromatic hydroxyl groups is 1. The molecule has 9 nitrogen and oxygen atoms in total. The van der Waals surface area contributed by atoms with Gasteiger partial charge >= 0.3 is 5.69 Å². The van der Waals surface area contributed by atoms with Gasteiger partial charge in [-0.1, -0.05) is 6.07 Å². The van der Waals surface area contributed by atoms with Gasteiger partial charge in [-0.3, -0.25) is 19.8 Å². The van der Waals surface area contributed by atoms with Crippen molar-refractivity contribution >= 4 is 11.4 Å². The number of nitrogens with one attached hydrogen (secondary N) is 1. The number of hydrogen-bond donors (Lipinski definition) is 3. The Morgan fingerprint density at radius 1 is 1.24 bits per heavy atom. The van der Waals surface area contributed by atoms with Crippen molar-refractivity contribution in [2.75, 3.05) is 12.3 Å². The molecule has 2 heterocycles. The van der Waals surface area contributed by atoms with E-state index >= 15 is 0 Å². The number of anilines is 1. The van der Waals surface area contributed by atoms with Gasteiger partial charge in [-0.2, -0.15) is 0 Å². The highest BCUT2D eigenvalue weighted by Gasteiger charge is 2.22. The lowest BCUT2D eigenvalue weighted by Crippen LogP contribution is -2.35. The van der Waals surface area contributed by atoms with Crippen molar-refractivity contribution in [2.24, 2.45) is 0 Å². The Morgan fingerprint density at radius 3 is 2.72 bits per heavy atom. The molecule has 1 aliphatic rings. The Kier molecular flexibility index (Phi) is 4.73. The number of phenols is 1. The molecule has 9 heteroatoms. The summed E-state index contributed by atoms with van der Waals surface area (Å²) in [6.45, 7) is 1.49. The van der Waals surface area contributed by atoms with Crippen LogP contribution >= 0.6 is 0 Å². The maximum atomic E-state index is 12.6. The Balaban J connectivity index is 1.56. The smallest absolute Gasteiger partial charge is 0.311 e. The standard InChI is InChI=1S/C20H19N5O4/c21-14-4-2-13(3-5-14)19-22-16-7-8-24(11-15(16)20(27)23-19)10-12-1-6-18(26)17(9-12)25(28)29/h1-6,9,26H,7-8,10-11,21H2,(H,22,23,27). The van der Waals surface area contributed by atoms with Crippen LogP contribution in [0.1, 0.15) is 16.8 Å². The third kappa shape index (κ3) is 3.81. The first-order valence-corrected chi connectivity index (χ1v) is 9.07. The maximum Gasteiger partial charge on any atom is 0.311 e. The van der Waals surface area contributed by atoms with Crippen LogP contribution < -0.4 is 11.3 Å². The molecule has 29 heavy (non-hydrogen) atoms. The van der Waals surface area contributed by atoms with Crippen LogP contribution in [-0.4, -0.2) is 31.4 Å². The van der Waals surface area contributed by atoms with Crippen molar-refractivity contribution < 1.29 is 10.0 Å². The number of aromatic amines is 1. The molecule has 0 unspecified atom stereocenters. The minimum absolute atomic E-state index is 0.191. The van der Waals surface area contributed by atoms with Crippen molar-refractivity contribution in [2.45, 2.75) is 19.5 Å². The summed E-state index contributed by atoms with van der Waals surface area (Å²) in [5.74, 6) is 0.148. The number of phenolic OH excluding ortho intramolecular Hbond substituents is 1. The van der Waals surface area contributed by atoms with E-state index in [-0.39, 0.29) is 17.0 Å². The molecule has 4 rings (SSSR count). The van der Waals surface area contributed by atoms with Gasteiger partial charge < -0.3 is 15.8 Å². The van der Waals surface area contributed by atoms with Gasteiger partial charge in [0, 0.05) is 43.4 Å². The molecule has 0 fully saturated rings.